The SMILES string of the molecule is CC1(C)CC1C(=O)NC1CCCCCCC1C(=O)O. The summed E-state index contributed by atoms with van der Waals surface area (Å²) in [5.41, 5.74) is 0.102. The minimum Gasteiger partial charge on any atom is -0.481 e. The normalized spacial score (nSPS) is 33.9. The van der Waals surface area contributed by atoms with Gasteiger partial charge in [-0.3, -0.25) is 9.59 Å². The molecule has 3 atom stereocenters. The fourth-order valence-corrected chi connectivity index (χ4v) is 3.15. The van der Waals surface area contributed by atoms with Crippen molar-refractivity contribution in [2.24, 2.45) is 17.3 Å². The fourth-order valence-electron chi connectivity index (χ4n) is 3.15. The largest absolute Gasteiger partial charge is 0.481 e. The highest BCUT2D eigenvalue weighted by atomic mass is 16.4. The number of carboxylic acid groups (broad SMARTS) is 1. The van der Waals surface area contributed by atoms with E-state index in [9.17, 15) is 14.7 Å². The maximum absolute atomic E-state index is 12.2. The molecule has 2 rings (SSSR count). The number of carbonyl (C=O) groups excluding carboxylic acids is 1. The summed E-state index contributed by atoms with van der Waals surface area (Å²) in [6, 6.07) is -0.179. The van der Waals surface area contributed by atoms with Gasteiger partial charge in [-0.15, -0.1) is 0 Å². The second-order valence-corrected chi connectivity index (χ2v) is 6.80. The molecule has 0 aliphatic heterocycles. The van der Waals surface area contributed by atoms with Crippen LogP contribution in [0.3, 0.4) is 0 Å². The molecule has 0 aromatic heterocycles. The Bertz CT molecular complexity index is 364. The van der Waals surface area contributed by atoms with Crippen LogP contribution < -0.4 is 5.32 Å². The van der Waals surface area contributed by atoms with Gasteiger partial charge in [-0.05, 0) is 24.7 Å². The van der Waals surface area contributed by atoms with E-state index in [1.807, 2.05) is 0 Å². The van der Waals surface area contributed by atoms with E-state index in [0.29, 0.717) is 6.42 Å². The maximum atomic E-state index is 12.2. The summed E-state index contributed by atoms with van der Waals surface area (Å²) in [6.45, 7) is 4.17. The highest BCUT2D eigenvalue weighted by Gasteiger charge is 2.51. The van der Waals surface area contributed by atoms with E-state index in [1.165, 1.54) is 0 Å². The molecule has 0 heterocycles. The van der Waals surface area contributed by atoms with Gasteiger partial charge in [0.2, 0.25) is 5.91 Å². The molecule has 0 spiro atoms. The maximum Gasteiger partial charge on any atom is 0.308 e. The Morgan fingerprint density at radius 2 is 1.68 bits per heavy atom. The zero-order valence-electron chi connectivity index (χ0n) is 11.9. The molecule has 108 valence electrons. The van der Waals surface area contributed by atoms with Crippen molar-refractivity contribution in [3.05, 3.63) is 0 Å². The van der Waals surface area contributed by atoms with Gasteiger partial charge in [0, 0.05) is 12.0 Å². The number of rotatable bonds is 3. The summed E-state index contributed by atoms with van der Waals surface area (Å²) in [7, 11) is 0. The smallest absolute Gasteiger partial charge is 0.308 e. The minimum absolute atomic E-state index is 0.0572. The average Bonchev–Trinajstić information content (AvgIpc) is 2.91. The van der Waals surface area contributed by atoms with Gasteiger partial charge in [0.1, 0.15) is 0 Å². The number of aliphatic carboxylic acids is 1. The van der Waals surface area contributed by atoms with Crippen LogP contribution in [-0.4, -0.2) is 23.0 Å². The summed E-state index contributed by atoms with van der Waals surface area (Å²) in [6.07, 6.45) is 6.64. The Balaban J connectivity index is 1.97. The first-order valence-electron chi connectivity index (χ1n) is 7.45. The van der Waals surface area contributed by atoms with Crippen molar-refractivity contribution in [3.63, 3.8) is 0 Å². The van der Waals surface area contributed by atoms with E-state index < -0.39 is 11.9 Å². The first kappa shape index (κ1) is 14.4. The van der Waals surface area contributed by atoms with Gasteiger partial charge in [0.25, 0.3) is 0 Å². The predicted molar refractivity (Wildman–Crippen MR) is 72.6 cm³/mol. The lowest BCUT2D eigenvalue weighted by Crippen LogP contribution is -2.44. The van der Waals surface area contributed by atoms with Crippen molar-refractivity contribution in [1.82, 2.24) is 5.32 Å². The Labute approximate surface area is 115 Å². The third kappa shape index (κ3) is 3.48. The molecule has 4 heteroatoms. The van der Waals surface area contributed by atoms with E-state index >= 15 is 0 Å². The molecule has 0 saturated heterocycles. The van der Waals surface area contributed by atoms with Gasteiger partial charge < -0.3 is 10.4 Å². The van der Waals surface area contributed by atoms with Crippen molar-refractivity contribution in [3.8, 4) is 0 Å². The molecular weight excluding hydrogens is 242 g/mol. The zero-order chi connectivity index (χ0) is 14.0. The zero-order valence-corrected chi connectivity index (χ0v) is 11.9. The van der Waals surface area contributed by atoms with Crippen molar-refractivity contribution in [2.45, 2.75) is 64.8 Å². The van der Waals surface area contributed by atoms with E-state index in [4.69, 9.17) is 0 Å². The molecule has 19 heavy (non-hydrogen) atoms. The molecule has 2 saturated carbocycles. The summed E-state index contributed by atoms with van der Waals surface area (Å²) < 4.78 is 0. The van der Waals surface area contributed by atoms with Crippen LogP contribution in [0.5, 0.6) is 0 Å². The summed E-state index contributed by atoms with van der Waals surface area (Å²) in [5.74, 6) is -1.04. The first-order chi connectivity index (χ1) is 8.92. The Hall–Kier alpha value is -1.06. The van der Waals surface area contributed by atoms with Gasteiger partial charge in [-0.2, -0.15) is 0 Å². The van der Waals surface area contributed by atoms with Crippen molar-refractivity contribution in [2.75, 3.05) is 0 Å². The molecule has 0 radical (unpaired) electrons. The Morgan fingerprint density at radius 1 is 1.11 bits per heavy atom. The van der Waals surface area contributed by atoms with Gasteiger partial charge in [-0.1, -0.05) is 39.5 Å². The molecule has 2 aliphatic carbocycles. The van der Waals surface area contributed by atoms with Gasteiger partial charge >= 0.3 is 5.97 Å². The standard InChI is InChI=1S/C15H25NO3/c1-15(2)9-11(15)13(17)16-12-8-6-4-3-5-7-10(12)14(18)19/h10-12H,3-9H2,1-2H3,(H,16,17)(H,18,19). The van der Waals surface area contributed by atoms with Crippen molar-refractivity contribution >= 4 is 11.9 Å². The van der Waals surface area contributed by atoms with Crippen molar-refractivity contribution in [1.29, 1.82) is 0 Å². The molecule has 2 N–H and O–H groups in total. The summed E-state index contributed by atoms with van der Waals surface area (Å²) in [4.78, 5) is 23.5. The fraction of sp³-hybridized carbons (Fsp3) is 0.867. The molecule has 1 amide bonds. The highest BCUT2D eigenvalue weighted by molar-refractivity contribution is 5.83. The van der Waals surface area contributed by atoms with Crippen molar-refractivity contribution < 1.29 is 14.7 Å². The third-order valence-electron chi connectivity index (χ3n) is 4.74. The molecular formula is C15H25NO3. The predicted octanol–water partition coefficient (Wildman–Crippen LogP) is 2.57. The van der Waals surface area contributed by atoms with E-state index in [0.717, 1.165) is 38.5 Å². The molecule has 2 fully saturated rings. The van der Waals surface area contributed by atoms with Crippen LogP contribution in [0.4, 0.5) is 0 Å². The number of carboxylic acids is 1. The minimum atomic E-state index is -0.762. The number of hydrogen-bond donors (Lipinski definition) is 2. The lowest BCUT2D eigenvalue weighted by atomic mass is 9.86. The summed E-state index contributed by atoms with van der Waals surface area (Å²) >= 11 is 0. The quantitative estimate of drug-likeness (QED) is 0.826. The molecule has 4 nitrogen and oxygen atoms in total. The molecule has 0 aromatic carbocycles. The lowest BCUT2D eigenvalue weighted by Gasteiger charge is -2.27. The second-order valence-electron chi connectivity index (χ2n) is 6.80. The third-order valence-corrected chi connectivity index (χ3v) is 4.74. The van der Waals surface area contributed by atoms with Gasteiger partial charge in [0.05, 0.1) is 5.92 Å². The van der Waals surface area contributed by atoms with Crippen LogP contribution in [0.25, 0.3) is 0 Å². The van der Waals surface area contributed by atoms with Crippen LogP contribution in [0.2, 0.25) is 0 Å². The van der Waals surface area contributed by atoms with E-state index in [2.05, 4.69) is 19.2 Å². The van der Waals surface area contributed by atoms with Crippen LogP contribution in [0.15, 0.2) is 0 Å². The van der Waals surface area contributed by atoms with Crippen LogP contribution in [0, 0.1) is 17.3 Å². The molecule has 2 aliphatic rings. The van der Waals surface area contributed by atoms with Crippen LogP contribution >= 0.6 is 0 Å². The topological polar surface area (TPSA) is 66.4 Å². The molecule has 3 unspecified atom stereocenters. The number of nitrogens with one attached hydrogen (secondary N) is 1. The number of hydrogen-bond acceptors (Lipinski definition) is 2. The lowest BCUT2D eigenvalue weighted by molar-refractivity contribution is -0.143. The van der Waals surface area contributed by atoms with Gasteiger partial charge in [0.15, 0.2) is 0 Å². The van der Waals surface area contributed by atoms with Crippen LogP contribution in [0.1, 0.15) is 58.8 Å². The molecule has 0 aromatic rings. The number of carbonyl (C=O) groups is 2. The Morgan fingerprint density at radius 3 is 2.21 bits per heavy atom. The first-order valence-corrected chi connectivity index (χ1v) is 7.45. The van der Waals surface area contributed by atoms with Gasteiger partial charge in [-0.25, -0.2) is 0 Å². The highest BCUT2D eigenvalue weighted by Crippen LogP contribution is 2.51. The van der Waals surface area contributed by atoms with E-state index in [-0.39, 0.29) is 23.3 Å². The molecule has 0 bridgehead atoms. The number of amides is 1. The Kier molecular flexibility index (Phi) is 4.16. The second kappa shape index (κ2) is 5.51. The van der Waals surface area contributed by atoms with E-state index in [1.54, 1.807) is 0 Å². The average molecular weight is 267 g/mol. The van der Waals surface area contributed by atoms with Crippen LogP contribution in [-0.2, 0) is 9.59 Å². The summed E-state index contributed by atoms with van der Waals surface area (Å²) in [5, 5.41) is 12.4. The monoisotopic (exact) mass is 267 g/mol.